The van der Waals surface area contributed by atoms with E-state index in [2.05, 4.69) is 21.3 Å². The second kappa shape index (κ2) is 10.8. The van der Waals surface area contributed by atoms with Gasteiger partial charge in [0, 0.05) is 31.1 Å². The fraction of sp³-hybridized carbons (Fsp3) is 0.318. The highest BCUT2D eigenvalue weighted by Gasteiger charge is 2.28. The first kappa shape index (κ1) is 21.9. The average molecular weight is 427 g/mol. The average Bonchev–Trinajstić information content (AvgIpc) is 2.71. The van der Waals surface area contributed by atoms with Crippen LogP contribution in [0.25, 0.3) is 0 Å². The molecule has 1 saturated heterocycles. The maximum atomic E-state index is 12.2. The zero-order valence-electron chi connectivity index (χ0n) is 16.8. The molecule has 1 fully saturated rings. The minimum absolute atomic E-state index is 0.119. The lowest BCUT2D eigenvalue weighted by Gasteiger charge is -2.30. The molecule has 0 saturated carbocycles. The van der Waals surface area contributed by atoms with Crippen LogP contribution in [0.15, 0.2) is 54.6 Å². The van der Waals surface area contributed by atoms with Crippen LogP contribution in [-0.2, 0) is 20.9 Å². The zero-order chi connectivity index (χ0) is 21.3. The summed E-state index contributed by atoms with van der Waals surface area (Å²) in [4.78, 5) is 36.5. The first-order valence-electron chi connectivity index (χ1n) is 9.82. The molecular weight excluding hydrogens is 400 g/mol. The van der Waals surface area contributed by atoms with E-state index in [9.17, 15) is 14.4 Å². The predicted molar refractivity (Wildman–Crippen MR) is 119 cm³/mol. The minimum Gasteiger partial charge on any atom is -0.352 e. The molecule has 4 N–H and O–H groups in total. The number of rotatable bonds is 8. The number of anilines is 1. The molecule has 2 aromatic carbocycles. The third-order valence-electron chi connectivity index (χ3n) is 4.56. The Bertz CT molecular complexity index is 891. The Kier molecular flexibility index (Phi) is 7.87. The van der Waals surface area contributed by atoms with Crippen LogP contribution >= 0.6 is 11.8 Å². The molecule has 2 aromatic rings. The molecule has 7 nitrogen and oxygen atoms in total. The summed E-state index contributed by atoms with van der Waals surface area (Å²) in [5, 5.41) is 11.8. The Morgan fingerprint density at radius 2 is 1.90 bits per heavy atom. The van der Waals surface area contributed by atoms with E-state index in [0.717, 1.165) is 16.8 Å². The fourth-order valence-corrected chi connectivity index (χ4v) is 4.03. The molecule has 0 spiro atoms. The first-order valence-corrected chi connectivity index (χ1v) is 10.9. The van der Waals surface area contributed by atoms with Crippen molar-refractivity contribution in [2.75, 3.05) is 11.1 Å². The van der Waals surface area contributed by atoms with Crippen molar-refractivity contribution in [2.24, 2.45) is 0 Å². The lowest BCUT2D eigenvalue weighted by molar-refractivity contribution is -0.125. The quantitative estimate of drug-likeness (QED) is 0.518. The highest BCUT2D eigenvalue weighted by Crippen LogP contribution is 2.15. The molecule has 158 valence electrons. The first-order chi connectivity index (χ1) is 14.5. The van der Waals surface area contributed by atoms with Crippen molar-refractivity contribution < 1.29 is 14.4 Å². The molecule has 3 amide bonds. The van der Waals surface area contributed by atoms with Gasteiger partial charge < -0.3 is 16.0 Å². The van der Waals surface area contributed by atoms with E-state index in [1.165, 1.54) is 11.8 Å². The third-order valence-corrected chi connectivity index (χ3v) is 5.57. The molecule has 0 aromatic heterocycles. The van der Waals surface area contributed by atoms with E-state index < -0.39 is 5.50 Å². The number of thioether (sulfide) groups is 1. The number of aryl methyl sites for hydroxylation is 1. The second-order valence-corrected chi connectivity index (χ2v) is 8.30. The summed E-state index contributed by atoms with van der Waals surface area (Å²) in [5.74, 6) is -0.221. The molecule has 0 radical (unpaired) electrons. The van der Waals surface area contributed by atoms with Gasteiger partial charge in [0.1, 0.15) is 5.50 Å². The lowest BCUT2D eigenvalue weighted by Crippen LogP contribution is -2.56. The van der Waals surface area contributed by atoms with E-state index in [4.69, 9.17) is 0 Å². The van der Waals surface area contributed by atoms with Crippen LogP contribution in [0.5, 0.6) is 0 Å². The van der Waals surface area contributed by atoms with Crippen molar-refractivity contribution >= 4 is 35.2 Å². The van der Waals surface area contributed by atoms with Gasteiger partial charge in [-0.25, -0.2) is 0 Å². The number of nitrogens with one attached hydrogen (secondary N) is 4. The maximum absolute atomic E-state index is 12.2. The van der Waals surface area contributed by atoms with Crippen molar-refractivity contribution in [2.45, 2.75) is 37.8 Å². The highest BCUT2D eigenvalue weighted by atomic mass is 32.2. The number of hydrogen-bond donors (Lipinski definition) is 4. The smallest absolute Gasteiger partial charge is 0.234 e. The van der Waals surface area contributed by atoms with E-state index in [0.29, 0.717) is 6.54 Å². The van der Waals surface area contributed by atoms with Crippen LogP contribution in [0.1, 0.15) is 24.0 Å². The molecule has 1 heterocycles. The number of amides is 3. The van der Waals surface area contributed by atoms with Gasteiger partial charge >= 0.3 is 0 Å². The summed E-state index contributed by atoms with van der Waals surface area (Å²) in [6.45, 7) is 2.41. The molecule has 2 unspecified atom stereocenters. The standard InChI is InChI=1S/C22H26N4O3S/c1-15-6-5-9-17(10-15)24-21(29)14-30-22-25-18(12-20(28)26-22)11-19(27)23-13-16-7-3-2-4-8-16/h2-10,18,22,25H,11-14H2,1H3,(H,23,27)(H,24,29)(H,26,28). The summed E-state index contributed by atoms with van der Waals surface area (Å²) < 4.78 is 0. The fourth-order valence-electron chi connectivity index (χ4n) is 3.14. The summed E-state index contributed by atoms with van der Waals surface area (Å²) in [6.07, 6.45) is 0.429. The molecule has 8 heteroatoms. The van der Waals surface area contributed by atoms with E-state index in [-0.39, 0.29) is 42.4 Å². The lowest BCUT2D eigenvalue weighted by atomic mass is 10.1. The topological polar surface area (TPSA) is 99.3 Å². The van der Waals surface area contributed by atoms with Crippen molar-refractivity contribution in [3.05, 3.63) is 65.7 Å². The Hall–Kier alpha value is -2.84. The highest BCUT2D eigenvalue weighted by molar-refractivity contribution is 8.00. The van der Waals surface area contributed by atoms with Gasteiger partial charge in [-0.05, 0) is 30.2 Å². The largest absolute Gasteiger partial charge is 0.352 e. The van der Waals surface area contributed by atoms with Crippen LogP contribution in [0.3, 0.4) is 0 Å². The van der Waals surface area contributed by atoms with Crippen LogP contribution in [0.2, 0.25) is 0 Å². The van der Waals surface area contributed by atoms with Gasteiger partial charge in [-0.3, -0.25) is 19.7 Å². The van der Waals surface area contributed by atoms with Crippen molar-refractivity contribution in [1.82, 2.24) is 16.0 Å². The van der Waals surface area contributed by atoms with Gasteiger partial charge in [0.05, 0.1) is 5.75 Å². The van der Waals surface area contributed by atoms with Gasteiger partial charge in [-0.15, -0.1) is 11.8 Å². The van der Waals surface area contributed by atoms with Crippen molar-refractivity contribution in [1.29, 1.82) is 0 Å². The summed E-state index contributed by atoms with van der Waals surface area (Å²) >= 11 is 1.29. The number of benzene rings is 2. The van der Waals surface area contributed by atoms with Crippen molar-refractivity contribution in [3.8, 4) is 0 Å². The van der Waals surface area contributed by atoms with Gasteiger partial charge in [0.2, 0.25) is 17.7 Å². The Morgan fingerprint density at radius 3 is 2.67 bits per heavy atom. The van der Waals surface area contributed by atoms with E-state index in [1.807, 2.05) is 61.5 Å². The van der Waals surface area contributed by atoms with Crippen LogP contribution in [-0.4, -0.2) is 35.0 Å². The molecule has 30 heavy (non-hydrogen) atoms. The van der Waals surface area contributed by atoms with Crippen LogP contribution in [0.4, 0.5) is 5.69 Å². The van der Waals surface area contributed by atoms with Gasteiger partial charge in [0.15, 0.2) is 0 Å². The minimum atomic E-state index is -0.415. The molecule has 1 aliphatic heterocycles. The van der Waals surface area contributed by atoms with E-state index >= 15 is 0 Å². The summed E-state index contributed by atoms with van der Waals surface area (Å²) in [6, 6.07) is 17.0. The molecular formula is C22H26N4O3S. The molecule has 3 rings (SSSR count). The zero-order valence-corrected chi connectivity index (χ0v) is 17.6. The van der Waals surface area contributed by atoms with Gasteiger partial charge in [0.25, 0.3) is 0 Å². The predicted octanol–water partition coefficient (Wildman–Crippen LogP) is 2.13. The summed E-state index contributed by atoms with van der Waals surface area (Å²) in [7, 11) is 0. The Balaban J connectivity index is 1.42. The molecule has 0 bridgehead atoms. The van der Waals surface area contributed by atoms with Crippen LogP contribution in [0, 0.1) is 6.92 Å². The number of carbonyl (C=O) groups is 3. The Morgan fingerprint density at radius 1 is 1.10 bits per heavy atom. The third kappa shape index (κ3) is 7.20. The monoisotopic (exact) mass is 426 g/mol. The molecule has 1 aliphatic rings. The van der Waals surface area contributed by atoms with Crippen molar-refractivity contribution in [3.63, 3.8) is 0 Å². The molecule has 0 aliphatic carbocycles. The second-order valence-electron chi connectivity index (χ2n) is 7.21. The molecule has 2 atom stereocenters. The van der Waals surface area contributed by atoms with Crippen LogP contribution < -0.4 is 21.3 Å². The van der Waals surface area contributed by atoms with Gasteiger partial charge in [-0.1, -0.05) is 42.5 Å². The SMILES string of the molecule is Cc1cccc(NC(=O)CSC2NC(=O)CC(CC(=O)NCc3ccccc3)N2)c1. The summed E-state index contributed by atoms with van der Waals surface area (Å²) in [5.41, 5.74) is 2.42. The number of carbonyl (C=O) groups excluding carboxylic acids is 3. The Labute approximate surface area is 180 Å². The van der Waals surface area contributed by atoms with Gasteiger partial charge in [-0.2, -0.15) is 0 Å². The van der Waals surface area contributed by atoms with E-state index in [1.54, 1.807) is 0 Å². The maximum Gasteiger partial charge on any atom is 0.234 e. The number of hydrogen-bond acceptors (Lipinski definition) is 5. The normalized spacial score (nSPS) is 18.4.